The van der Waals surface area contributed by atoms with Crippen LogP contribution in [-0.4, -0.2) is 18.0 Å². The van der Waals surface area contributed by atoms with Crippen molar-refractivity contribution < 1.29 is 9.53 Å². The number of nitrogens with one attached hydrogen (secondary N) is 1. The molecule has 1 amide bonds. The van der Waals surface area contributed by atoms with Crippen LogP contribution in [0.4, 0.5) is 5.69 Å². The number of carbonyl (C=O) groups is 1. The second-order valence-electron chi connectivity index (χ2n) is 4.40. The van der Waals surface area contributed by atoms with Gasteiger partial charge in [-0.15, -0.1) is 0 Å². The molecule has 2 rings (SSSR count). The maximum Gasteiger partial charge on any atom is 0.253 e. The van der Waals surface area contributed by atoms with E-state index in [0.29, 0.717) is 17.0 Å². The molecule has 2 aromatic rings. The van der Waals surface area contributed by atoms with Crippen molar-refractivity contribution in [2.24, 2.45) is 0 Å². The lowest BCUT2D eigenvalue weighted by molar-refractivity contribution is 0.0940. The highest BCUT2D eigenvalue weighted by atomic mass is 16.5. The van der Waals surface area contributed by atoms with Crippen LogP contribution in [-0.2, 0) is 0 Å². The van der Waals surface area contributed by atoms with Gasteiger partial charge in [0.05, 0.1) is 24.4 Å². The van der Waals surface area contributed by atoms with E-state index < -0.39 is 0 Å². The van der Waals surface area contributed by atoms with Gasteiger partial charge in [0, 0.05) is 12.4 Å². The normalized spacial score (nSPS) is 11.7. The van der Waals surface area contributed by atoms with Crippen molar-refractivity contribution in [3.05, 3.63) is 53.9 Å². The molecule has 1 unspecified atom stereocenters. The summed E-state index contributed by atoms with van der Waals surface area (Å²) in [6, 6.07) is 8.71. The Kier molecular flexibility index (Phi) is 4.20. The van der Waals surface area contributed by atoms with E-state index in [1.807, 2.05) is 19.1 Å². The molecule has 0 bridgehead atoms. The number of ether oxygens (including phenoxy) is 1. The summed E-state index contributed by atoms with van der Waals surface area (Å²) < 4.78 is 5.11. The SMILES string of the molecule is COc1cccc(C(=O)NC(C)c2cccnc2)c1N. The molecule has 1 aromatic heterocycles. The number of amides is 1. The van der Waals surface area contributed by atoms with E-state index in [4.69, 9.17) is 10.5 Å². The second-order valence-corrected chi connectivity index (χ2v) is 4.40. The number of rotatable bonds is 4. The zero-order valence-corrected chi connectivity index (χ0v) is 11.5. The van der Waals surface area contributed by atoms with Crippen LogP contribution in [0.3, 0.4) is 0 Å². The molecule has 0 aliphatic heterocycles. The summed E-state index contributed by atoms with van der Waals surface area (Å²) in [5.41, 5.74) is 7.59. The Labute approximate surface area is 117 Å². The number of nitrogens with zero attached hydrogens (tertiary/aromatic N) is 1. The minimum atomic E-state index is -0.238. The van der Waals surface area contributed by atoms with Crippen molar-refractivity contribution in [1.82, 2.24) is 10.3 Å². The van der Waals surface area contributed by atoms with Crippen molar-refractivity contribution in [3.8, 4) is 5.75 Å². The molecule has 104 valence electrons. The van der Waals surface area contributed by atoms with Crippen LogP contribution in [0, 0.1) is 0 Å². The van der Waals surface area contributed by atoms with Gasteiger partial charge >= 0.3 is 0 Å². The van der Waals surface area contributed by atoms with Gasteiger partial charge in [-0.3, -0.25) is 9.78 Å². The molecule has 0 saturated heterocycles. The molecule has 1 aromatic carbocycles. The van der Waals surface area contributed by atoms with E-state index in [9.17, 15) is 4.79 Å². The molecular formula is C15H17N3O2. The number of pyridine rings is 1. The Hall–Kier alpha value is -2.56. The lowest BCUT2D eigenvalue weighted by atomic mass is 10.1. The average Bonchev–Trinajstić information content (AvgIpc) is 2.48. The molecule has 5 nitrogen and oxygen atoms in total. The number of nitrogens with two attached hydrogens (primary N) is 1. The molecule has 5 heteroatoms. The van der Waals surface area contributed by atoms with E-state index >= 15 is 0 Å². The number of carbonyl (C=O) groups excluding carboxylic acids is 1. The minimum absolute atomic E-state index is 0.151. The number of hydrogen-bond acceptors (Lipinski definition) is 4. The summed E-state index contributed by atoms with van der Waals surface area (Å²) >= 11 is 0. The van der Waals surface area contributed by atoms with Gasteiger partial charge in [0.25, 0.3) is 5.91 Å². The van der Waals surface area contributed by atoms with E-state index in [1.54, 1.807) is 30.6 Å². The number of hydrogen-bond donors (Lipinski definition) is 2. The Balaban J connectivity index is 2.17. The lowest BCUT2D eigenvalue weighted by Crippen LogP contribution is -2.27. The van der Waals surface area contributed by atoms with Gasteiger partial charge in [-0.2, -0.15) is 0 Å². The number of nitrogen functional groups attached to an aromatic ring is 1. The van der Waals surface area contributed by atoms with Crippen molar-refractivity contribution in [2.45, 2.75) is 13.0 Å². The molecule has 20 heavy (non-hydrogen) atoms. The van der Waals surface area contributed by atoms with Crippen LogP contribution >= 0.6 is 0 Å². The quantitative estimate of drug-likeness (QED) is 0.835. The topological polar surface area (TPSA) is 77.2 Å². The fourth-order valence-electron chi connectivity index (χ4n) is 1.91. The highest BCUT2D eigenvalue weighted by molar-refractivity contribution is 6.00. The average molecular weight is 271 g/mol. The Morgan fingerprint density at radius 3 is 2.80 bits per heavy atom. The Bertz CT molecular complexity index is 599. The number of para-hydroxylation sites is 1. The predicted molar refractivity (Wildman–Crippen MR) is 77.5 cm³/mol. The maximum absolute atomic E-state index is 12.3. The van der Waals surface area contributed by atoms with Crippen molar-refractivity contribution >= 4 is 11.6 Å². The Morgan fingerprint density at radius 2 is 2.15 bits per heavy atom. The van der Waals surface area contributed by atoms with Crippen molar-refractivity contribution in [1.29, 1.82) is 0 Å². The summed E-state index contributed by atoms with van der Waals surface area (Å²) in [5, 5.41) is 2.89. The molecule has 3 N–H and O–H groups in total. The van der Waals surface area contributed by atoms with E-state index in [1.165, 1.54) is 7.11 Å². The highest BCUT2D eigenvalue weighted by Gasteiger charge is 2.15. The Morgan fingerprint density at radius 1 is 1.35 bits per heavy atom. The molecule has 0 saturated carbocycles. The third-order valence-electron chi connectivity index (χ3n) is 3.06. The van der Waals surface area contributed by atoms with Gasteiger partial charge in [-0.1, -0.05) is 12.1 Å². The highest BCUT2D eigenvalue weighted by Crippen LogP contribution is 2.25. The van der Waals surface area contributed by atoms with Gasteiger partial charge in [-0.25, -0.2) is 0 Å². The van der Waals surface area contributed by atoms with Crippen molar-refractivity contribution in [3.63, 3.8) is 0 Å². The van der Waals surface area contributed by atoms with Gasteiger partial charge in [0.1, 0.15) is 5.75 Å². The van der Waals surface area contributed by atoms with Gasteiger partial charge in [0.2, 0.25) is 0 Å². The molecule has 0 aliphatic rings. The third-order valence-corrected chi connectivity index (χ3v) is 3.06. The zero-order valence-electron chi connectivity index (χ0n) is 11.5. The molecule has 0 fully saturated rings. The molecule has 0 aliphatic carbocycles. The molecular weight excluding hydrogens is 254 g/mol. The standard InChI is InChI=1S/C15H17N3O2/c1-10(11-5-4-8-17-9-11)18-15(19)12-6-3-7-13(20-2)14(12)16/h3-10H,16H2,1-2H3,(H,18,19). The lowest BCUT2D eigenvalue weighted by Gasteiger charge is -2.15. The van der Waals surface area contributed by atoms with Crippen molar-refractivity contribution in [2.75, 3.05) is 12.8 Å². The third kappa shape index (κ3) is 2.88. The van der Waals surface area contributed by atoms with E-state index in [0.717, 1.165) is 5.56 Å². The smallest absolute Gasteiger partial charge is 0.253 e. The summed E-state index contributed by atoms with van der Waals surface area (Å²) in [4.78, 5) is 16.3. The van der Waals surface area contributed by atoms with Crippen LogP contribution in [0.2, 0.25) is 0 Å². The largest absolute Gasteiger partial charge is 0.495 e. The summed E-state index contributed by atoms with van der Waals surface area (Å²) in [5.74, 6) is 0.254. The zero-order chi connectivity index (χ0) is 14.5. The fourth-order valence-corrected chi connectivity index (χ4v) is 1.91. The first-order valence-electron chi connectivity index (χ1n) is 6.26. The van der Waals surface area contributed by atoms with Crippen LogP contribution in [0.15, 0.2) is 42.7 Å². The number of aromatic nitrogens is 1. The van der Waals surface area contributed by atoms with Gasteiger partial charge < -0.3 is 15.8 Å². The molecule has 1 atom stereocenters. The maximum atomic E-state index is 12.3. The van der Waals surface area contributed by atoms with Crippen LogP contribution < -0.4 is 15.8 Å². The van der Waals surface area contributed by atoms with Gasteiger partial charge in [0.15, 0.2) is 0 Å². The second kappa shape index (κ2) is 6.06. The summed E-state index contributed by atoms with van der Waals surface area (Å²) in [6.07, 6.45) is 3.41. The first-order valence-corrected chi connectivity index (χ1v) is 6.26. The molecule has 0 radical (unpaired) electrons. The molecule has 0 spiro atoms. The van der Waals surface area contributed by atoms with E-state index in [-0.39, 0.29) is 11.9 Å². The molecule has 1 heterocycles. The minimum Gasteiger partial charge on any atom is -0.495 e. The monoisotopic (exact) mass is 271 g/mol. The van der Waals surface area contributed by atoms with E-state index in [2.05, 4.69) is 10.3 Å². The predicted octanol–water partition coefficient (Wildman–Crippen LogP) is 2.16. The van der Waals surface area contributed by atoms with Crippen LogP contribution in [0.1, 0.15) is 28.9 Å². The van der Waals surface area contributed by atoms with Crippen LogP contribution in [0.25, 0.3) is 0 Å². The summed E-state index contributed by atoms with van der Waals surface area (Å²) in [6.45, 7) is 1.89. The fraction of sp³-hybridized carbons (Fsp3) is 0.200. The number of benzene rings is 1. The number of anilines is 1. The first-order chi connectivity index (χ1) is 9.63. The van der Waals surface area contributed by atoms with Crippen LogP contribution in [0.5, 0.6) is 5.75 Å². The van der Waals surface area contributed by atoms with Gasteiger partial charge in [-0.05, 0) is 30.7 Å². The number of methoxy groups -OCH3 is 1. The summed E-state index contributed by atoms with van der Waals surface area (Å²) in [7, 11) is 1.52. The first kappa shape index (κ1) is 13.9.